The lowest BCUT2D eigenvalue weighted by molar-refractivity contribution is -0.424. The number of allylic oxidation sites excluding steroid dienone is 1. The molecule has 0 amide bonds. The molecule has 0 heterocycles. The van der Waals surface area contributed by atoms with Crippen LogP contribution in [-0.4, -0.2) is 4.92 Å². The summed E-state index contributed by atoms with van der Waals surface area (Å²) in [5.41, 5.74) is 4.74. The molecule has 4 nitrogen and oxygen atoms in total. The van der Waals surface area contributed by atoms with E-state index < -0.39 is 4.92 Å². The molecule has 2 N–H and O–H groups in total. The normalized spacial score (nSPS) is 11.3. The van der Waals surface area contributed by atoms with E-state index in [1.807, 2.05) is 0 Å². The lowest BCUT2D eigenvalue weighted by Crippen LogP contribution is -1.96. The van der Waals surface area contributed by atoms with Gasteiger partial charge in [0.05, 0.1) is 11.1 Å². The number of nitrogens with two attached hydrogens (primary N) is 1. The van der Waals surface area contributed by atoms with Gasteiger partial charge in [0.15, 0.2) is 0 Å². The van der Waals surface area contributed by atoms with E-state index in [4.69, 9.17) is 5.73 Å². The second-order valence-electron chi connectivity index (χ2n) is 1.07. The average molecular weight is 102 g/mol. The van der Waals surface area contributed by atoms with E-state index in [-0.39, 0.29) is 5.70 Å². The number of hydrogen-bond acceptors (Lipinski definition) is 3. The van der Waals surface area contributed by atoms with Crippen molar-refractivity contribution in [2.24, 2.45) is 5.73 Å². The maximum absolute atomic E-state index is 9.59. The molecule has 7 heavy (non-hydrogen) atoms. The van der Waals surface area contributed by atoms with Gasteiger partial charge in [-0.2, -0.15) is 0 Å². The summed E-state index contributed by atoms with van der Waals surface area (Å²) >= 11 is 0. The Balaban J connectivity index is 3.82. The highest BCUT2D eigenvalue weighted by Crippen LogP contribution is 1.85. The van der Waals surface area contributed by atoms with Crippen molar-refractivity contribution < 1.29 is 4.92 Å². The van der Waals surface area contributed by atoms with Crippen molar-refractivity contribution in [3.63, 3.8) is 0 Å². The van der Waals surface area contributed by atoms with Crippen LogP contribution in [0.4, 0.5) is 0 Å². The quantitative estimate of drug-likeness (QED) is 0.376. The van der Waals surface area contributed by atoms with E-state index in [0.29, 0.717) is 0 Å². The lowest BCUT2D eigenvalue weighted by atomic mass is 10.6. The fraction of sp³-hybridized carbons (Fsp3) is 0.333. The average Bonchev–Trinajstić information content (AvgIpc) is 1.65. The second kappa shape index (κ2) is 2.17. The van der Waals surface area contributed by atoms with Crippen molar-refractivity contribution in [1.29, 1.82) is 0 Å². The van der Waals surface area contributed by atoms with Gasteiger partial charge >= 0.3 is 0 Å². The third-order valence-corrected chi connectivity index (χ3v) is 0.529. The van der Waals surface area contributed by atoms with Crippen LogP contribution in [0, 0.1) is 10.1 Å². The SMILES string of the molecule is CC(=CN)[N+](=O)[O-]. The smallest absolute Gasteiger partial charge is 0.258 e. The summed E-state index contributed by atoms with van der Waals surface area (Å²) in [5.74, 6) is 0. The Morgan fingerprint density at radius 1 is 2.00 bits per heavy atom. The first-order valence-corrected chi connectivity index (χ1v) is 1.71. The summed E-state index contributed by atoms with van der Waals surface area (Å²) in [6.45, 7) is 1.33. The summed E-state index contributed by atoms with van der Waals surface area (Å²) in [6, 6.07) is 0. The van der Waals surface area contributed by atoms with Gasteiger partial charge in [-0.15, -0.1) is 0 Å². The molecule has 0 unspecified atom stereocenters. The highest BCUT2D eigenvalue weighted by atomic mass is 16.6. The van der Waals surface area contributed by atoms with E-state index in [1.54, 1.807) is 0 Å². The summed E-state index contributed by atoms with van der Waals surface area (Å²) in [6.07, 6.45) is 0.958. The highest BCUT2D eigenvalue weighted by molar-refractivity contribution is 4.80. The Kier molecular flexibility index (Phi) is 1.84. The number of nitrogens with zero attached hydrogens (tertiary/aromatic N) is 1. The first kappa shape index (κ1) is 5.94. The fourth-order valence-electron chi connectivity index (χ4n) is 0.0609. The third kappa shape index (κ3) is 1.75. The van der Waals surface area contributed by atoms with Gasteiger partial charge in [0.25, 0.3) is 5.70 Å². The minimum atomic E-state index is -0.542. The highest BCUT2D eigenvalue weighted by Gasteiger charge is 1.95. The predicted octanol–water partition coefficient (Wildman–Crippen LogP) is 0.0831. The van der Waals surface area contributed by atoms with Crippen LogP contribution in [0.25, 0.3) is 0 Å². The summed E-state index contributed by atoms with van der Waals surface area (Å²) in [5, 5.41) is 9.59. The number of hydrogen-bond donors (Lipinski definition) is 1. The van der Waals surface area contributed by atoms with Gasteiger partial charge in [-0.25, -0.2) is 0 Å². The second-order valence-corrected chi connectivity index (χ2v) is 1.07. The lowest BCUT2D eigenvalue weighted by Gasteiger charge is -1.81. The zero-order chi connectivity index (χ0) is 5.86. The molecular formula is C3H6N2O2. The monoisotopic (exact) mass is 102 g/mol. The molecule has 0 aliphatic rings. The molecule has 0 aromatic rings. The molecule has 0 saturated heterocycles. The molecule has 0 radical (unpaired) electrons. The van der Waals surface area contributed by atoms with Crippen LogP contribution in [0.1, 0.15) is 6.92 Å². The van der Waals surface area contributed by atoms with E-state index >= 15 is 0 Å². The molecule has 40 valence electrons. The molecule has 0 atom stereocenters. The van der Waals surface area contributed by atoms with E-state index in [2.05, 4.69) is 0 Å². The van der Waals surface area contributed by atoms with Gasteiger partial charge in [-0.1, -0.05) is 0 Å². The molecule has 0 aromatic carbocycles. The van der Waals surface area contributed by atoms with Crippen molar-refractivity contribution in [2.75, 3.05) is 0 Å². The minimum absolute atomic E-state index is 0.0278. The molecule has 0 aliphatic carbocycles. The van der Waals surface area contributed by atoms with Crippen molar-refractivity contribution in [3.05, 3.63) is 22.0 Å². The van der Waals surface area contributed by atoms with Crippen LogP contribution in [0.3, 0.4) is 0 Å². The molecule has 0 spiro atoms. The summed E-state index contributed by atoms with van der Waals surface area (Å²) in [4.78, 5) is 9.05. The van der Waals surface area contributed by atoms with Gasteiger partial charge in [-0.3, -0.25) is 10.1 Å². The summed E-state index contributed by atoms with van der Waals surface area (Å²) in [7, 11) is 0. The van der Waals surface area contributed by atoms with Gasteiger partial charge < -0.3 is 5.73 Å². The molecular weight excluding hydrogens is 96.0 g/mol. The number of rotatable bonds is 1. The van der Waals surface area contributed by atoms with Gasteiger partial charge in [0.1, 0.15) is 0 Å². The maximum Gasteiger partial charge on any atom is 0.258 e. The molecule has 0 aromatic heterocycles. The zero-order valence-corrected chi connectivity index (χ0v) is 3.92. The minimum Gasteiger partial charge on any atom is -0.399 e. The van der Waals surface area contributed by atoms with Crippen molar-refractivity contribution in [3.8, 4) is 0 Å². The Morgan fingerprint density at radius 3 is 2.43 bits per heavy atom. The van der Waals surface area contributed by atoms with E-state index in [9.17, 15) is 10.1 Å². The Labute approximate surface area is 40.8 Å². The van der Waals surface area contributed by atoms with E-state index in [0.717, 1.165) is 6.20 Å². The first-order valence-electron chi connectivity index (χ1n) is 1.71. The largest absolute Gasteiger partial charge is 0.399 e. The molecule has 0 fully saturated rings. The molecule has 0 saturated carbocycles. The topological polar surface area (TPSA) is 69.2 Å². The van der Waals surface area contributed by atoms with Gasteiger partial charge in [0.2, 0.25) is 0 Å². The van der Waals surface area contributed by atoms with Gasteiger partial charge in [-0.05, 0) is 0 Å². The first-order chi connectivity index (χ1) is 3.18. The number of nitro groups is 1. The summed E-state index contributed by atoms with van der Waals surface area (Å²) < 4.78 is 0. The van der Waals surface area contributed by atoms with Crippen LogP contribution in [-0.2, 0) is 0 Å². The van der Waals surface area contributed by atoms with E-state index in [1.165, 1.54) is 6.92 Å². The van der Waals surface area contributed by atoms with Crippen LogP contribution in [0.15, 0.2) is 11.9 Å². The maximum atomic E-state index is 9.59. The standard InChI is InChI=1S/C3H6N2O2/c1-3(2-4)5(6)7/h2H,4H2,1H3. The zero-order valence-electron chi connectivity index (χ0n) is 3.92. The predicted molar refractivity (Wildman–Crippen MR) is 24.9 cm³/mol. The van der Waals surface area contributed by atoms with Crippen LogP contribution < -0.4 is 5.73 Å². The Hall–Kier alpha value is -1.06. The molecule has 0 rings (SSSR count). The molecule has 4 heteroatoms. The molecule has 0 bridgehead atoms. The Bertz CT molecular complexity index is 108. The van der Waals surface area contributed by atoms with Crippen LogP contribution in [0.2, 0.25) is 0 Å². The fourth-order valence-corrected chi connectivity index (χ4v) is 0.0609. The Morgan fingerprint density at radius 2 is 2.43 bits per heavy atom. The van der Waals surface area contributed by atoms with Crippen molar-refractivity contribution in [1.82, 2.24) is 0 Å². The third-order valence-electron chi connectivity index (χ3n) is 0.529. The van der Waals surface area contributed by atoms with Gasteiger partial charge in [0, 0.05) is 6.92 Å². The van der Waals surface area contributed by atoms with Crippen molar-refractivity contribution >= 4 is 0 Å². The molecule has 0 aliphatic heterocycles. The van der Waals surface area contributed by atoms with Crippen LogP contribution >= 0.6 is 0 Å². The van der Waals surface area contributed by atoms with Crippen molar-refractivity contribution in [2.45, 2.75) is 6.92 Å². The van der Waals surface area contributed by atoms with Crippen LogP contribution in [0.5, 0.6) is 0 Å².